The van der Waals surface area contributed by atoms with E-state index in [1.807, 2.05) is 18.2 Å². The first-order valence-corrected chi connectivity index (χ1v) is 13.5. The van der Waals surface area contributed by atoms with Crippen LogP contribution in [-0.2, 0) is 0 Å². The van der Waals surface area contributed by atoms with E-state index < -0.39 is 16.5 Å². The van der Waals surface area contributed by atoms with E-state index in [0.717, 1.165) is 5.56 Å². The van der Waals surface area contributed by atoms with Gasteiger partial charge in [0.2, 0.25) is 0 Å². The Hall–Kier alpha value is -0.496. The number of aliphatic hydroxyl groups is 1. The van der Waals surface area contributed by atoms with Crippen LogP contribution in [0.1, 0.15) is 11.6 Å². The summed E-state index contributed by atoms with van der Waals surface area (Å²) in [6.45, 7) is 9.62. The van der Waals surface area contributed by atoms with Crippen LogP contribution in [0.5, 0.6) is 0 Å². The molecule has 0 saturated carbocycles. The van der Waals surface area contributed by atoms with Crippen LogP contribution >= 0.6 is 12.2 Å². The maximum Gasteiger partial charge on any atom is 0.177 e. The van der Waals surface area contributed by atoms with E-state index in [1.165, 1.54) is 12.1 Å². The molecular weight excluding hydrogens is 286 g/mol. The Morgan fingerprint density at radius 2 is 1.58 bits per heavy atom. The molecule has 0 bridgehead atoms. The average Bonchev–Trinajstić information content (AvgIpc) is 2.54. The van der Waals surface area contributed by atoms with Crippen molar-refractivity contribution in [1.82, 2.24) is 4.23 Å². The van der Waals surface area contributed by atoms with Crippen molar-refractivity contribution >= 4 is 33.7 Å². The summed E-state index contributed by atoms with van der Waals surface area (Å²) in [5.41, 5.74) is 1.14. The normalized spacial score (nSPS) is 23.2. The van der Waals surface area contributed by atoms with Crippen molar-refractivity contribution in [2.75, 3.05) is 0 Å². The van der Waals surface area contributed by atoms with Gasteiger partial charge in [0.25, 0.3) is 0 Å². The number of nitrogens with zero attached hydrogens (tertiary/aromatic N) is 1. The molecule has 1 aliphatic rings. The Morgan fingerprint density at radius 1 is 1.11 bits per heavy atom. The monoisotopic (exact) mass is 309 g/mol. The van der Waals surface area contributed by atoms with E-state index in [0.29, 0.717) is 0 Å². The van der Waals surface area contributed by atoms with Crippen LogP contribution in [-0.4, -0.2) is 30.9 Å². The molecule has 1 fully saturated rings. The second-order valence-corrected chi connectivity index (χ2v) is 16.7. The molecule has 1 N–H and O–H groups in total. The van der Waals surface area contributed by atoms with Crippen molar-refractivity contribution in [3.8, 4) is 0 Å². The highest BCUT2D eigenvalue weighted by Crippen LogP contribution is 2.43. The highest BCUT2D eigenvalue weighted by Gasteiger charge is 2.51. The quantitative estimate of drug-likeness (QED) is 0.664. The van der Waals surface area contributed by atoms with Gasteiger partial charge < -0.3 is 9.34 Å². The van der Waals surface area contributed by atoms with Crippen LogP contribution in [0, 0.1) is 0 Å². The van der Waals surface area contributed by atoms with Gasteiger partial charge in [-0.05, 0) is 29.9 Å². The molecule has 2 rings (SSSR count). The van der Waals surface area contributed by atoms with Gasteiger partial charge in [-0.25, -0.2) is 0 Å². The molecular formula is C14H23NOSSi2. The van der Waals surface area contributed by atoms with Gasteiger partial charge in [-0.15, -0.1) is 0 Å². The van der Waals surface area contributed by atoms with Crippen LogP contribution in [0.3, 0.4) is 0 Å². The predicted molar refractivity (Wildman–Crippen MR) is 90.8 cm³/mol. The van der Waals surface area contributed by atoms with Gasteiger partial charge in [0, 0.05) is 0 Å². The molecule has 0 aliphatic carbocycles. The molecule has 0 spiro atoms. The summed E-state index contributed by atoms with van der Waals surface area (Å²) in [5.74, 6) is 0. The average molecular weight is 310 g/mol. The second-order valence-electron chi connectivity index (χ2n) is 6.65. The molecule has 1 aromatic rings. The summed E-state index contributed by atoms with van der Waals surface area (Å²) in [7, 11) is -2.93. The van der Waals surface area contributed by atoms with Gasteiger partial charge in [-0.3, -0.25) is 0 Å². The zero-order valence-electron chi connectivity index (χ0n) is 12.2. The Labute approximate surface area is 123 Å². The molecule has 19 heavy (non-hydrogen) atoms. The maximum absolute atomic E-state index is 10.1. The van der Waals surface area contributed by atoms with Crippen molar-refractivity contribution < 1.29 is 5.11 Å². The molecule has 1 unspecified atom stereocenters. The highest BCUT2D eigenvalue weighted by atomic mass is 32.1. The summed E-state index contributed by atoms with van der Waals surface area (Å²) in [4.78, 5) is 0. The highest BCUT2D eigenvalue weighted by molar-refractivity contribution is 7.80. The summed E-state index contributed by atoms with van der Waals surface area (Å²) >= 11 is 5.20. The van der Waals surface area contributed by atoms with Crippen molar-refractivity contribution in [3.63, 3.8) is 0 Å². The third kappa shape index (κ3) is 2.84. The standard InChI is InChI=1S/C14H23NOSSi2/c1-18(2)10-11-19(3,4)15(18)13(14(16)17)12-8-6-5-7-9-12/h5-9,13H,10-11H2,1-4H3,(H,16,17). The van der Waals surface area contributed by atoms with Gasteiger partial charge in [-0.2, -0.15) is 0 Å². The van der Waals surface area contributed by atoms with Crippen molar-refractivity contribution in [1.29, 1.82) is 0 Å². The van der Waals surface area contributed by atoms with E-state index in [1.54, 1.807) is 0 Å². The topological polar surface area (TPSA) is 23.5 Å². The van der Waals surface area contributed by atoms with Crippen LogP contribution in [0.15, 0.2) is 30.3 Å². The number of hydrogen-bond acceptors (Lipinski definition) is 2. The zero-order chi connectivity index (χ0) is 14.3. The Morgan fingerprint density at radius 3 is 2.00 bits per heavy atom. The summed E-state index contributed by atoms with van der Waals surface area (Å²) in [6.07, 6.45) is 0. The fourth-order valence-electron chi connectivity index (χ4n) is 3.41. The van der Waals surface area contributed by atoms with E-state index in [9.17, 15) is 5.11 Å². The zero-order valence-corrected chi connectivity index (χ0v) is 15.0. The van der Waals surface area contributed by atoms with Crippen LogP contribution in [0.25, 0.3) is 0 Å². The van der Waals surface area contributed by atoms with Crippen molar-refractivity contribution in [3.05, 3.63) is 35.9 Å². The van der Waals surface area contributed by atoms with Gasteiger partial charge >= 0.3 is 0 Å². The summed E-state index contributed by atoms with van der Waals surface area (Å²) in [6, 6.07) is 12.8. The molecule has 1 aromatic carbocycles. The largest absolute Gasteiger partial charge is 0.501 e. The van der Waals surface area contributed by atoms with E-state index in [4.69, 9.17) is 12.2 Å². The van der Waals surface area contributed by atoms with E-state index >= 15 is 0 Å². The SMILES string of the molecule is C[Si]1(C)CC[Si](C)(C)N1C(C(O)=S)c1ccccc1. The number of hydrogen-bond donors (Lipinski definition) is 1. The molecule has 1 atom stereocenters. The van der Waals surface area contributed by atoms with Crippen LogP contribution in [0.4, 0.5) is 0 Å². The lowest BCUT2D eigenvalue weighted by molar-refractivity contribution is 0.465. The number of aliphatic hydroxyl groups excluding tert-OH is 1. The van der Waals surface area contributed by atoms with Gasteiger partial charge in [-0.1, -0.05) is 56.5 Å². The fourth-order valence-corrected chi connectivity index (χ4v) is 18.4. The van der Waals surface area contributed by atoms with Gasteiger partial charge in [0.15, 0.2) is 5.05 Å². The Balaban J connectivity index is 2.48. The fraction of sp³-hybridized carbons (Fsp3) is 0.500. The lowest BCUT2D eigenvalue weighted by Crippen LogP contribution is -2.57. The summed E-state index contributed by atoms with van der Waals surface area (Å²) < 4.78 is 2.65. The first kappa shape index (κ1) is 14.9. The lowest BCUT2D eigenvalue weighted by Gasteiger charge is -2.44. The maximum atomic E-state index is 10.1. The van der Waals surface area contributed by atoms with Crippen molar-refractivity contribution in [2.45, 2.75) is 44.3 Å². The third-order valence-electron chi connectivity index (χ3n) is 4.26. The number of rotatable bonds is 3. The smallest absolute Gasteiger partial charge is 0.177 e. The third-order valence-corrected chi connectivity index (χ3v) is 14.7. The molecule has 2 nitrogen and oxygen atoms in total. The molecule has 5 heteroatoms. The molecule has 104 valence electrons. The van der Waals surface area contributed by atoms with Crippen LogP contribution < -0.4 is 0 Å². The first-order chi connectivity index (χ1) is 8.76. The Kier molecular flexibility index (Phi) is 4.02. The molecule has 0 radical (unpaired) electrons. The first-order valence-electron chi connectivity index (χ1n) is 6.83. The van der Waals surface area contributed by atoms with E-state index in [2.05, 4.69) is 42.6 Å². The molecule has 1 saturated heterocycles. The van der Waals surface area contributed by atoms with E-state index in [-0.39, 0.29) is 11.1 Å². The van der Waals surface area contributed by atoms with Crippen LogP contribution in [0.2, 0.25) is 38.3 Å². The predicted octanol–water partition coefficient (Wildman–Crippen LogP) is 4.34. The van der Waals surface area contributed by atoms with Gasteiger partial charge in [0.1, 0.15) is 16.5 Å². The number of thiocarbonyl (C=S) groups is 1. The van der Waals surface area contributed by atoms with Gasteiger partial charge in [0.05, 0.1) is 6.04 Å². The summed E-state index contributed by atoms with van der Waals surface area (Å²) in [5, 5.41) is 10.3. The lowest BCUT2D eigenvalue weighted by atomic mass is 10.1. The molecule has 1 aliphatic heterocycles. The minimum Gasteiger partial charge on any atom is -0.501 e. The minimum absolute atomic E-state index is 0.0815. The second kappa shape index (κ2) is 5.12. The van der Waals surface area contributed by atoms with Crippen molar-refractivity contribution in [2.24, 2.45) is 0 Å². The number of benzene rings is 1. The molecule has 0 aromatic heterocycles. The minimum atomic E-state index is -1.47. The Bertz CT molecular complexity index is 460. The molecule has 1 heterocycles. The molecule has 0 amide bonds.